The summed E-state index contributed by atoms with van der Waals surface area (Å²) in [5.41, 5.74) is 4.15. The van der Waals surface area contributed by atoms with E-state index in [9.17, 15) is 9.59 Å². The summed E-state index contributed by atoms with van der Waals surface area (Å²) in [6.07, 6.45) is 7.40. The number of pyridine rings is 1. The smallest absolute Gasteiger partial charge is 0.259 e. The fourth-order valence-electron chi connectivity index (χ4n) is 3.67. The summed E-state index contributed by atoms with van der Waals surface area (Å²) >= 11 is 0. The Morgan fingerprint density at radius 2 is 1.83 bits per heavy atom. The Labute approximate surface area is 172 Å². The topological polar surface area (TPSA) is 102 Å². The van der Waals surface area contributed by atoms with Gasteiger partial charge in [0.25, 0.3) is 11.8 Å². The molecule has 0 saturated carbocycles. The number of hydrogen-bond donors (Lipinski definition) is 2. The van der Waals surface area contributed by atoms with Gasteiger partial charge < -0.3 is 9.88 Å². The normalized spacial score (nSPS) is 13.0. The van der Waals surface area contributed by atoms with Crippen molar-refractivity contribution in [2.75, 3.05) is 5.32 Å². The van der Waals surface area contributed by atoms with E-state index in [2.05, 4.69) is 50.2 Å². The van der Waals surface area contributed by atoms with Crippen LogP contribution in [0.4, 0.5) is 11.6 Å². The minimum Gasteiger partial charge on any atom is -0.343 e. The van der Waals surface area contributed by atoms with Crippen LogP contribution >= 0.6 is 0 Å². The third kappa shape index (κ3) is 2.89. The maximum atomic E-state index is 11.9. The molecule has 0 bridgehead atoms. The number of imide groups is 1. The van der Waals surface area contributed by atoms with Crippen molar-refractivity contribution in [3.05, 3.63) is 66.2 Å². The van der Waals surface area contributed by atoms with Crippen LogP contribution < -0.4 is 10.6 Å². The lowest BCUT2D eigenvalue weighted by atomic mass is 10.1. The molecule has 8 heteroatoms. The largest absolute Gasteiger partial charge is 0.343 e. The summed E-state index contributed by atoms with van der Waals surface area (Å²) in [4.78, 5) is 36.8. The van der Waals surface area contributed by atoms with Crippen molar-refractivity contribution in [1.29, 1.82) is 0 Å². The Morgan fingerprint density at radius 3 is 2.67 bits per heavy atom. The third-order valence-electron chi connectivity index (χ3n) is 5.12. The number of carbonyl (C=O) groups is 2. The standard InChI is InChI=1S/C22H18N6O2/c1-12(2)28-11-17(14-5-7-23-10-19(14)28)18-6-8-24-22(26-18)25-13-3-4-15-16(9-13)21(30)27-20(15)29/h3-12H,1-2H3,(H,24,25,26)(H,27,29,30). The van der Waals surface area contributed by atoms with Gasteiger partial charge in [0.2, 0.25) is 5.95 Å². The second-order valence-corrected chi connectivity index (χ2v) is 7.37. The van der Waals surface area contributed by atoms with Crippen LogP contribution in [0, 0.1) is 0 Å². The van der Waals surface area contributed by atoms with Crippen LogP contribution in [0.3, 0.4) is 0 Å². The molecule has 2 N–H and O–H groups in total. The average molecular weight is 398 g/mol. The summed E-state index contributed by atoms with van der Waals surface area (Å²) in [5.74, 6) is -0.379. The highest BCUT2D eigenvalue weighted by molar-refractivity contribution is 6.21. The second kappa shape index (κ2) is 6.77. The van der Waals surface area contributed by atoms with Crippen LogP contribution in [0.15, 0.2) is 55.1 Å². The Bertz CT molecular complexity index is 1320. The predicted octanol–water partition coefficient (Wildman–Crippen LogP) is 3.70. The highest BCUT2D eigenvalue weighted by atomic mass is 16.2. The first kappa shape index (κ1) is 18.0. The molecule has 30 heavy (non-hydrogen) atoms. The zero-order chi connectivity index (χ0) is 20.8. The molecule has 0 fully saturated rings. The van der Waals surface area contributed by atoms with E-state index in [4.69, 9.17) is 0 Å². The fourth-order valence-corrected chi connectivity index (χ4v) is 3.67. The van der Waals surface area contributed by atoms with Crippen molar-refractivity contribution in [3.8, 4) is 11.3 Å². The number of nitrogens with zero attached hydrogens (tertiary/aromatic N) is 4. The molecule has 3 aromatic heterocycles. The van der Waals surface area contributed by atoms with Gasteiger partial charge in [0.05, 0.1) is 28.5 Å². The van der Waals surface area contributed by atoms with Gasteiger partial charge in [-0.15, -0.1) is 0 Å². The predicted molar refractivity (Wildman–Crippen MR) is 113 cm³/mol. The van der Waals surface area contributed by atoms with E-state index in [1.807, 2.05) is 18.3 Å². The minimum atomic E-state index is -0.400. The molecular formula is C22H18N6O2. The van der Waals surface area contributed by atoms with Crippen molar-refractivity contribution >= 4 is 34.4 Å². The van der Waals surface area contributed by atoms with Gasteiger partial charge in [-0.2, -0.15) is 0 Å². The zero-order valence-electron chi connectivity index (χ0n) is 16.4. The quantitative estimate of drug-likeness (QED) is 0.508. The van der Waals surface area contributed by atoms with Gasteiger partial charge in [-0.05, 0) is 44.2 Å². The van der Waals surface area contributed by atoms with Crippen molar-refractivity contribution < 1.29 is 9.59 Å². The summed E-state index contributed by atoms with van der Waals surface area (Å²) in [7, 11) is 0. The van der Waals surface area contributed by atoms with Gasteiger partial charge in [0.1, 0.15) is 0 Å². The molecule has 1 aromatic carbocycles. The lowest BCUT2D eigenvalue weighted by Gasteiger charge is -2.08. The Hall–Kier alpha value is -4.07. The zero-order valence-corrected chi connectivity index (χ0v) is 16.4. The van der Waals surface area contributed by atoms with Crippen molar-refractivity contribution in [2.45, 2.75) is 19.9 Å². The summed E-state index contributed by atoms with van der Waals surface area (Å²) in [6, 6.07) is 9.09. The molecule has 1 aliphatic heterocycles. The number of aromatic nitrogens is 4. The van der Waals surface area contributed by atoms with E-state index in [-0.39, 0.29) is 11.9 Å². The molecule has 0 spiro atoms. The first-order chi connectivity index (χ1) is 14.5. The highest BCUT2D eigenvalue weighted by Crippen LogP contribution is 2.31. The number of benzene rings is 1. The van der Waals surface area contributed by atoms with Crippen LogP contribution in [-0.4, -0.2) is 31.3 Å². The maximum Gasteiger partial charge on any atom is 0.259 e. The number of anilines is 2. The Kier molecular flexibility index (Phi) is 4.06. The first-order valence-electron chi connectivity index (χ1n) is 9.56. The van der Waals surface area contributed by atoms with Gasteiger partial charge in [-0.3, -0.25) is 19.9 Å². The molecule has 8 nitrogen and oxygen atoms in total. The third-order valence-corrected chi connectivity index (χ3v) is 5.12. The molecule has 148 valence electrons. The van der Waals surface area contributed by atoms with E-state index >= 15 is 0 Å². The molecule has 0 unspecified atom stereocenters. The van der Waals surface area contributed by atoms with Crippen molar-refractivity contribution in [1.82, 2.24) is 24.8 Å². The second-order valence-electron chi connectivity index (χ2n) is 7.37. The number of rotatable bonds is 4. The maximum absolute atomic E-state index is 11.9. The lowest BCUT2D eigenvalue weighted by Crippen LogP contribution is -2.19. The first-order valence-corrected chi connectivity index (χ1v) is 9.56. The SMILES string of the molecule is CC(C)n1cc(-c2ccnc(Nc3ccc4c(c3)C(=O)NC4=O)n2)c2ccncc21. The van der Waals surface area contributed by atoms with Crippen LogP contribution in [0.25, 0.3) is 22.2 Å². The number of nitrogens with one attached hydrogen (secondary N) is 2. The lowest BCUT2D eigenvalue weighted by molar-refractivity contribution is 0.0879. The van der Waals surface area contributed by atoms with Gasteiger partial charge in [0, 0.05) is 41.3 Å². The molecule has 0 radical (unpaired) electrons. The van der Waals surface area contributed by atoms with Gasteiger partial charge in [-0.1, -0.05) is 0 Å². The van der Waals surface area contributed by atoms with E-state index in [0.717, 1.165) is 22.2 Å². The summed E-state index contributed by atoms with van der Waals surface area (Å²) in [5, 5.41) is 6.48. The van der Waals surface area contributed by atoms with Crippen LogP contribution in [-0.2, 0) is 0 Å². The van der Waals surface area contributed by atoms with E-state index < -0.39 is 5.91 Å². The summed E-state index contributed by atoms with van der Waals surface area (Å²) < 4.78 is 2.17. The van der Waals surface area contributed by atoms with Crippen LogP contribution in [0.2, 0.25) is 0 Å². The minimum absolute atomic E-state index is 0.283. The molecule has 2 amide bonds. The van der Waals surface area contributed by atoms with Crippen LogP contribution in [0.1, 0.15) is 40.6 Å². The number of hydrogen-bond acceptors (Lipinski definition) is 6. The monoisotopic (exact) mass is 398 g/mol. The Balaban J connectivity index is 1.52. The molecule has 1 aliphatic rings. The molecule has 4 heterocycles. The van der Waals surface area contributed by atoms with Crippen molar-refractivity contribution in [3.63, 3.8) is 0 Å². The molecule has 5 rings (SSSR count). The van der Waals surface area contributed by atoms with E-state index in [1.165, 1.54) is 0 Å². The number of carbonyl (C=O) groups excluding carboxylic acids is 2. The fraction of sp³-hybridized carbons (Fsp3) is 0.136. The van der Waals surface area contributed by atoms with Gasteiger partial charge in [0.15, 0.2) is 0 Å². The van der Waals surface area contributed by atoms with E-state index in [0.29, 0.717) is 22.8 Å². The average Bonchev–Trinajstić information content (AvgIpc) is 3.26. The van der Waals surface area contributed by atoms with Gasteiger partial charge >= 0.3 is 0 Å². The van der Waals surface area contributed by atoms with Gasteiger partial charge in [-0.25, -0.2) is 9.97 Å². The Morgan fingerprint density at radius 1 is 1.00 bits per heavy atom. The number of amides is 2. The molecule has 0 saturated heterocycles. The van der Waals surface area contributed by atoms with Crippen LogP contribution in [0.5, 0.6) is 0 Å². The molecular weight excluding hydrogens is 380 g/mol. The molecule has 0 aliphatic carbocycles. The number of fused-ring (bicyclic) bond motifs is 2. The summed E-state index contributed by atoms with van der Waals surface area (Å²) in [6.45, 7) is 4.25. The highest BCUT2D eigenvalue weighted by Gasteiger charge is 2.26. The molecule has 0 atom stereocenters. The van der Waals surface area contributed by atoms with Crippen molar-refractivity contribution in [2.24, 2.45) is 0 Å². The molecule has 4 aromatic rings. The van der Waals surface area contributed by atoms with E-state index in [1.54, 1.807) is 30.6 Å².